The lowest BCUT2D eigenvalue weighted by atomic mass is 10.0. The summed E-state index contributed by atoms with van der Waals surface area (Å²) in [5.41, 5.74) is 7.74. The molecular formula is C15H21N3O. The van der Waals surface area contributed by atoms with Crippen LogP contribution in [0.1, 0.15) is 36.8 Å². The number of benzene rings is 1. The molecule has 0 aliphatic carbocycles. The highest BCUT2D eigenvalue weighted by molar-refractivity contribution is 5.30. The number of hydrogen-bond donors (Lipinski definition) is 1. The van der Waals surface area contributed by atoms with Gasteiger partial charge in [-0.05, 0) is 23.6 Å². The molecule has 19 heavy (non-hydrogen) atoms. The summed E-state index contributed by atoms with van der Waals surface area (Å²) in [5.74, 6) is 2.26. The van der Waals surface area contributed by atoms with Crippen LogP contribution in [0.4, 0.5) is 0 Å². The van der Waals surface area contributed by atoms with Gasteiger partial charge in [0.2, 0.25) is 0 Å². The van der Waals surface area contributed by atoms with Crippen LogP contribution >= 0.6 is 0 Å². The summed E-state index contributed by atoms with van der Waals surface area (Å²) in [7, 11) is 1.95. The first kappa shape index (κ1) is 13.6. The number of ether oxygens (including phenoxy) is 1. The average molecular weight is 259 g/mol. The van der Waals surface area contributed by atoms with E-state index in [0.29, 0.717) is 19.1 Å². The Hall–Kier alpha value is -1.81. The highest BCUT2D eigenvalue weighted by atomic mass is 16.5. The second-order valence-corrected chi connectivity index (χ2v) is 4.98. The van der Waals surface area contributed by atoms with Crippen LogP contribution in [0.5, 0.6) is 5.75 Å². The minimum Gasteiger partial charge on any atom is -0.486 e. The Morgan fingerprint density at radius 2 is 2.16 bits per heavy atom. The molecule has 0 radical (unpaired) electrons. The van der Waals surface area contributed by atoms with Gasteiger partial charge in [-0.3, -0.25) is 0 Å². The van der Waals surface area contributed by atoms with Crippen molar-refractivity contribution < 1.29 is 4.74 Å². The standard InChI is InChI=1S/C15H21N3O/c1-11(2)12-5-4-6-14(7-12)19-10-15-17-13(8-16)9-18(15)3/h4-7,9,11H,8,10,16H2,1-3H3. The Morgan fingerprint density at radius 3 is 2.79 bits per heavy atom. The van der Waals surface area contributed by atoms with E-state index in [1.807, 2.05) is 29.9 Å². The second-order valence-electron chi connectivity index (χ2n) is 4.98. The second kappa shape index (κ2) is 5.89. The van der Waals surface area contributed by atoms with Crippen molar-refractivity contribution in [2.24, 2.45) is 12.8 Å². The van der Waals surface area contributed by atoms with E-state index in [2.05, 4.69) is 31.0 Å². The number of aromatic nitrogens is 2. The maximum absolute atomic E-state index is 5.80. The van der Waals surface area contributed by atoms with Gasteiger partial charge in [0.05, 0.1) is 5.69 Å². The normalized spacial score (nSPS) is 11.0. The molecular weight excluding hydrogens is 238 g/mol. The number of nitrogens with two attached hydrogens (primary N) is 1. The highest BCUT2D eigenvalue weighted by Crippen LogP contribution is 2.20. The van der Waals surface area contributed by atoms with Crippen molar-refractivity contribution in [3.8, 4) is 5.75 Å². The smallest absolute Gasteiger partial charge is 0.146 e. The summed E-state index contributed by atoms with van der Waals surface area (Å²) in [6, 6.07) is 8.19. The lowest BCUT2D eigenvalue weighted by molar-refractivity contribution is 0.291. The lowest BCUT2D eigenvalue weighted by Gasteiger charge is -2.09. The van der Waals surface area contributed by atoms with Gasteiger partial charge in [-0.25, -0.2) is 4.98 Å². The molecule has 0 unspecified atom stereocenters. The van der Waals surface area contributed by atoms with Gasteiger partial charge in [0, 0.05) is 19.8 Å². The predicted molar refractivity (Wildman–Crippen MR) is 76.0 cm³/mol. The summed E-state index contributed by atoms with van der Waals surface area (Å²) in [6.07, 6.45) is 1.93. The van der Waals surface area contributed by atoms with Crippen molar-refractivity contribution in [2.45, 2.75) is 32.9 Å². The summed E-state index contributed by atoms with van der Waals surface area (Å²) < 4.78 is 7.75. The van der Waals surface area contributed by atoms with E-state index < -0.39 is 0 Å². The fraction of sp³-hybridized carbons (Fsp3) is 0.400. The molecule has 4 heteroatoms. The molecule has 4 nitrogen and oxygen atoms in total. The Balaban J connectivity index is 2.05. The third-order valence-corrected chi connectivity index (χ3v) is 3.12. The first-order valence-electron chi connectivity index (χ1n) is 6.54. The molecule has 1 heterocycles. The van der Waals surface area contributed by atoms with Crippen molar-refractivity contribution >= 4 is 0 Å². The molecule has 0 saturated heterocycles. The fourth-order valence-electron chi connectivity index (χ4n) is 1.92. The monoisotopic (exact) mass is 259 g/mol. The van der Waals surface area contributed by atoms with Crippen LogP contribution in [-0.4, -0.2) is 9.55 Å². The molecule has 0 amide bonds. The van der Waals surface area contributed by atoms with Crippen molar-refractivity contribution in [1.82, 2.24) is 9.55 Å². The molecule has 0 spiro atoms. The first-order chi connectivity index (χ1) is 9.10. The van der Waals surface area contributed by atoms with E-state index in [1.54, 1.807) is 0 Å². The van der Waals surface area contributed by atoms with Gasteiger partial charge in [-0.15, -0.1) is 0 Å². The van der Waals surface area contributed by atoms with Gasteiger partial charge in [0.1, 0.15) is 18.2 Å². The van der Waals surface area contributed by atoms with Crippen LogP contribution in [0.25, 0.3) is 0 Å². The van der Waals surface area contributed by atoms with Crippen LogP contribution in [0, 0.1) is 0 Å². The Morgan fingerprint density at radius 1 is 1.37 bits per heavy atom. The SMILES string of the molecule is CC(C)c1cccc(OCc2nc(CN)cn2C)c1. The van der Waals surface area contributed by atoms with Crippen molar-refractivity contribution in [1.29, 1.82) is 0 Å². The third-order valence-electron chi connectivity index (χ3n) is 3.12. The number of nitrogens with zero attached hydrogens (tertiary/aromatic N) is 2. The topological polar surface area (TPSA) is 53.1 Å². The summed E-state index contributed by atoms with van der Waals surface area (Å²) in [6.45, 7) is 5.26. The maximum Gasteiger partial charge on any atom is 0.146 e. The Bertz CT molecular complexity index is 546. The summed E-state index contributed by atoms with van der Waals surface area (Å²) in [4.78, 5) is 4.41. The van der Waals surface area contributed by atoms with Gasteiger partial charge in [-0.2, -0.15) is 0 Å². The lowest BCUT2D eigenvalue weighted by Crippen LogP contribution is -2.03. The zero-order valence-electron chi connectivity index (χ0n) is 11.8. The molecule has 0 fully saturated rings. The molecule has 0 bridgehead atoms. The summed E-state index contributed by atoms with van der Waals surface area (Å²) in [5, 5.41) is 0. The largest absolute Gasteiger partial charge is 0.486 e. The minimum absolute atomic E-state index is 0.455. The Kier molecular flexibility index (Phi) is 4.22. The molecule has 102 valence electrons. The summed E-state index contributed by atoms with van der Waals surface area (Å²) >= 11 is 0. The molecule has 2 aromatic rings. The molecule has 1 aromatic heterocycles. The van der Waals surface area contributed by atoms with E-state index in [0.717, 1.165) is 17.3 Å². The predicted octanol–water partition coefficient (Wildman–Crippen LogP) is 2.58. The molecule has 0 atom stereocenters. The van der Waals surface area contributed by atoms with Gasteiger partial charge in [-0.1, -0.05) is 26.0 Å². The maximum atomic E-state index is 5.80. The van der Waals surface area contributed by atoms with Crippen LogP contribution in [0.15, 0.2) is 30.5 Å². The third kappa shape index (κ3) is 3.35. The zero-order chi connectivity index (χ0) is 13.8. The van der Waals surface area contributed by atoms with E-state index in [9.17, 15) is 0 Å². The molecule has 0 aliphatic heterocycles. The molecule has 2 rings (SSSR count). The quantitative estimate of drug-likeness (QED) is 0.898. The van der Waals surface area contributed by atoms with Gasteiger partial charge >= 0.3 is 0 Å². The van der Waals surface area contributed by atoms with Gasteiger partial charge in [0.25, 0.3) is 0 Å². The van der Waals surface area contributed by atoms with Crippen LogP contribution in [-0.2, 0) is 20.2 Å². The first-order valence-corrected chi connectivity index (χ1v) is 6.54. The van der Waals surface area contributed by atoms with Gasteiger partial charge in [0.15, 0.2) is 0 Å². The van der Waals surface area contributed by atoms with E-state index in [-0.39, 0.29) is 0 Å². The van der Waals surface area contributed by atoms with Crippen molar-refractivity contribution in [2.75, 3.05) is 0 Å². The van der Waals surface area contributed by atoms with Gasteiger partial charge < -0.3 is 15.0 Å². The molecule has 0 aliphatic rings. The van der Waals surface area contributed by atoms with Crippen LogP contribution < -0.4 is 10.5 Å². The van der Waals surface area contributed by atoms with Crippen molar-refractivity contribution in [3.63, 3.8) is 0 Å². The number of rotatable bonds is 5. The zero-order valence-corrected chi connectivity index (χ0v) is 11.8. The molecule has 1 aromatic carbocycles. The van der Waals surface area contributed by atoms with E-state index in [4.69, 9.17) is 10.5 Å². The van der Waals surface area contributed by atoms with E-state index in [1.165, 1.54) is 5.56 Å². The highest BCUT2D eigenvalue weighted by Gasteiger charge is 2.06. The minimum atomic E-state index is 0.455. The number of hydrogen-bond acceptors (Lipinski definition) is 3. The fourth-order valence-corrected chi connectivity index (χ4v) is 1.92. The Labute approximate surface area is 114 Å². The van der Waals surface area contributed by atoms with Crippen LogP contribution in [0.3, 0.4) is 0 Å². The van der Waals surface area contributed by atoms with Crippen LogP contribution in [0.2, 0.25) is 0 Å². The van der Waals surface area contributed by atoms with E-state index >= 15 is 0 Å². The molecule has 2 N–H and O–H groups in total. The molecule has 0 saturated carbocycles. The average Bonchev–Trinajstić information content (AvgIpc) is 2.77. The number of imidazole rings is 1. The number of aryl methyl sites for hydroxylation is 1. The van der Waals surface area contributed by atoms with Crippen molar-refractivity contribution in [3.05, 3.63) is 47.5 Å².